The van der Waals surface area contributed by atoms with E-state index < -0.39 is 0 Å². The van der Waals surface area contributed by atoms with Gasteiger partial charge in [-0.05, 0) is 67.5 Å². The molecule has 1 aliphatic heterocycles. The van der Waals surface area contributed by atoms with Gasteiger partial charge in [0, 0.05) is 18.7 Å². The minimum atomic E-state index is 0. The summed E-state index contributed by atoms with van der Waals surface area (Å²) in [5.41, 5.74) is 5.46. The number of para-hydroxylation sites is 3. The lowest BCUT2D eigenvalue weighted by molar-refractivity contribution is -0.665. The summed E-state index contributed by atoms with van der Waals surface area (Å²) < 4.78 is 9.87. The summed E-state index contributed by atoms with van der Waals surface area (Å²) in [6, 6.07) is 16.9. The first-order valence-corrected chi connectivity index (χ1v) is 13.0. The van der Waals surface area contributed by atoms with Gasteiger partial charge in [0.05, 0.1) is 5.69 Å². The summed E-state index contributed by atoms with van der Waals surface area (Å²) in [4.78, 5) is 2.22. The first kappa shape index (κ1) is 25.7. The number of fused-ring (bicyclic) bond motifs is 2. The number of hydrogen-bond donors (Lipinski definition) is 0. The maximum Gasteiger partial charge on any atom is 0.263 e. The van der Waals surface area contributed by atoms with Crippen molar-refractivity contribution in [1.29, 1.82) is 0 Å². The fourth-order valence-corrected chi connectivity index (χ4v) is 6.31. The Balaban J connectivity index is 0.00000289. The second-order valence-electron chi connectivity index (χ2n) is 9.79. The molecule has 0 atom stereocenters. The number of allylic oxidation sites excluding steroid dienone is 6. The van der Waals surface area contributed by atoms with E-state index in [1.54, 1.807) is 0 Å². The van der Waals surface area contributed by atoms with Crippen LogP contribution in [0.4, 0.5) is 5.69 Å². The van der Waals surface area contributed by atoms with Crippen LogP contribution in [0.5, 0.6) is 5.75 Å². The highest BCUT2D eigenvalue weighted by atomic mass is 127. The predicted molar refractivity (Wildman–Crippen MR) is 144 cm³/mol. The van der Waals surface area contributed by atoms with Gasteiger partial charge in [-0.1, -0.05) is 67.7 Å². The molecule has 0 fully saturated rings. The molecule has 1 aliphatic carbocycles. The summed E-state index contributed by atoms with van der Waals surface area (Å²) in [5.74, 6) is 1.82. The third kappa shape index (κ3) is 5.41. The van der Waals surface area contributed by atoms with Crippen LogP contribution in [0.25, 0.3) is 16.3 Å². The lowest BCUT2D eigenvalue weighted by Crippen LogP contribution is -3.00. The van der Waals surface area contributed by atoms with E-state index in [0.29, 0.717) is 0 Å². The van der Waals surface area contributed by atoms with Crippen molar-refractivity contribution in [2.75, 3.05) is 11.4 Å². The van der Waals surface area contributed by atoms with Gasteiger partial charge in [-0.15, -0.1) is 0 Å². The number of ether oxygens (including phenoxy) is 1. The van der Waals surface area contributed by atoms with E-state index in [4.69, 9.17) is 4.74 Å². The van der Waals surface area contributed by atoms with Crippen LogP contribution in [0.3, 0.4) is 0 Å². The highest BCUT2D eigenvalue weighted by Gasteiger charge is 2.27. The van der Waals surface area contributed by atoms with E-state index in [9.17, 15) is 0 Å². The number of hydrogen-bond acceptors (Lipinski definition) is 3. The van der Waals surface area contributed by atoms with Crippen LogP contribution < -0.4 is 38.2 Å². The number of aryl methyl sites for hydroxylation is 1. The molecule has 0 radical (unpaired) electrons. The number of benzene rings is 2. The second-order valence-corrected chi connectivity index (χ2v) is 10.8. The van der Waals surface area contributed by atoms with Crippen molar-refractivity contribution in [2.45, 2.75) is 47.1 Å². The van der Waals surface area contributed by atoms with Crippen molar-refractivity contribution < 1.29 is 33.3 Å². The highest BCUT2D eigenvalue weighted by molar-refractivity contribution is 7.18. The zero-order valence-electron chi connectivity index (χ0n) is 20.9. The van der Waals surface area contributed by atoms with Crippen molar-refractivity contribution in [1.82, 2.24) is 0 Å². The van der Waals surface area contributed by atoms with Crippen LogP contribution in [0.1, 0.15) is 45.5 Å². The number of anilines is 1. The normalized spacial score (nSPS) is 19.2. The van der Waals surface area contributed by atoms with Crippen molar-refractivity contribution in [3.8, 4) is 5.75 Å². The topological polar surface area (TPSA) is 16.4 Å². The molecule has 2 aliphatic rings. The molecular formula is C30H33IN2OS. The SMILES string of the molecule is CCN1/C(=C/C=C/C2=CC(=C\c3sc4ccccc4[n+]3CC)/CC(C)(C)C2)Oc2ccccc21.[I-]. The molecule has 1 aromatic heterocycles. The molecule has 0 spiro atoms. The van der Waals surface area contributed by atoms with Crippen LogP contribution in [0.15, 0.2) is 89.9 Å². The summed E-state index contributed by atoms with van der Waals surface area (Å²) in [7, 11) is 0. The Kier molecular flexibility index (Phi) is 7.86. The molecule has 3 aromatic rings. The Labute approximate surface area is 230 Å². The standard InChI is InChI=1S/C30H33N2OS.HI/c1-5-31-24-13-7-9-15-26(24)33-28(31)17-11-12-22-18-23(21-30(3,4)20-22)19-29-32(6-2)25-14-8-10-16-27(25)34-29;/h7-19H,5-6,20-21H2,1-4H3;1H/q+1;/p-1. The largest absolute Gasteiger partial charge is 1.00 e. The van der Waals surface area contributed by atoms with Crippen LogP contribution in [0.2, 0.25) is 0 Å². The van der Waals surface area contributed by atoms with Gasteiger partial charge in [0.1, 0.15) is 11.2 Å². The molecule has 3 nitrogen and oxygen atoms in total. The van der Waals surface area contributed by atoms with E-state index in [1.165, 1.54) is 26.4 Å². The molecule has 0 bridgehead atoms. The Morgan fingerprint density at radius 1 is 1.06 bits per heavy atom. The van der Waals surface area contributed by atoms with Gasteiger partial charge in [0.2, 0.25) is 11.4 Å². The number of rotatable bonds is 5. The molecule has 2 heterocycles. The zero-order chi connectivity index (χ0) is 23.7. The summed E-state index contributed by atoms with van der Waals surface area (Å²) in [6.07, 6.45) is 13.4. The van der Waals surface area contributed by atoms with Gasteiger partial charge in [0.25, 0.3) is 5.01 Å². The Bertz CT molecular complexity index is 1350. The quantitative estimate of drug-likeness (QED) is 0.315. The zero-order valence-corrected chi connectivity index (χ0v) is 23.9. The predicted octanol–water partition coefficient (Wildman–Crippen LogP) is 4.66. The Hall–Kier alpha value is -2.38. The minimum absolute atomic E-state index is 0. The van der Waals surface area contributed by atoms with E-state index in [-0.39, 0.29) is 29.4 Å². The molecule has 5 rings (SSSR count). The Morgan fingerprint density at radius 2 is 1.83 bits per heavy atom. The molecule has 0 N–H and O–H groups in total. The third-order valence-corrected chi connectivity index (χ3v) is 7.61. The number of thiazole rings is 1. The average Bonchev–Trinajstić information content (AvgIpc) is 3.34. The second kappa shape index (κ2) is 10.7. The van der Waals surface area contributed by atoms with E-state index in [1.807, 2.05) is 23.5 Å². The van der Waals surface area contributed by atoms with Crippen molar-refractivity contribution >= 4 is 33.3 Å². The monoisotopic (exact) mass is 596 g/mol. The van der Waals surface area contributed by atoms with E-state index >= 15 is 0 Å². The maximum atomic E-state index is 6.10. The molecule has 35 heavy (non-hydrogen) atoms. The van der Waals surface area contributed by atoms with Crippen molar-refractivity contribution in [3.05, 3.63) is 94.9 Å². The average molecular weight is 597 g/mol. The van der Waals surface area contributed by atoms with Crippen LogP contribution >= 0.6 is 11.3 Å². The maximum absolute atomic E-state index is 6.10. The lowest BCUT2D eigenvalue weighted by atomic mass is 9.75. The van der Waals surface area contributed by atoms with Crippen molar-refractivity contribution in [2.24, 2.45) is 5.41 Å². The number of nitrogens with zero attached hydrogens (tertiary/aromatic N) is 2. The van der Waals surface area contributed by atoms with Crippen LogP contribution in [0, 0.1) is 5.41 Å². The molecule has 5 heteroatoms. The van der Waals surface area contributed by atoms with Gasteiger partial charge >= 0.3 is 0 Å². The third-order valence-electron chi connectivity index (χ3n) is 6.50. The van der Waals surface area contributed by atoms with Crippen LogP contribution in [-0.4, -0.2) is 6.54 Å². The fraction of sp³-hybridized carbons (Fsp3) is 0.300. The molecule has 0 saturated carbocycles. The van der Waals surface area contributed by atoms with E-state index in [2.05, 4.69) is 104 Å². The minimum Gasteiger partial charge on any atom is -1.00 e. The number of halogens is 1. The summed E-state index contributed by atoms with van der Waals surface area (Å²) in [6.45, 7) is 11.0. The molecular weight excluding hydrogens is 563 g/mol. The molecule has 0 amide bonds. The van der Waals surface area contributed by atoms with Crippen LogP contribution in [-0.2, 0) is 6.54 Å². The van der Waals surface area contributed by atoms with E-state index in [0.717, 1.165) is 43.3 Å². The number of aromatic nitrogens is 1. The summed E-state index contributed by atoms with van der Waals surface area (Å²) in [5, 5.41) is 1.33. The van der Waals surface area contributed by atoms with Gasteiger partial charge in [-0.25, -0.2) is 0 Å². The first-order chi connectivity index (χ1) is 16.5. The fourth-order valence-electron chi connectivity index (χ4n) is 5.11. The summed E-state index contributed by atoms with van der Waals surface area (Å²) >= 11 is 1.88. The molecule has 0 unspecified atom stereocenters. The molecule has 2 aromatic carbocycles. The van der Waals surface area contributed by atoms with Gasteiger partial charge in [0.15, 0.2) is 5.75 Å². The Morgan fingerprint density at radius 3 is 2.63 bits per heavy atom. The van der Waals surface area contributed by atoms with Gasteiger partial charge in [-0.3, -0.25) is 0 Å². The highest BCUT2D eigenvalue weighted by Crippen LogP contribution is 2.40. The molecule has 0 saturated heterocycles. The van der Waals surface area contributed by atoms with Gasteiger partial charge < -0.3 is 33.6 Å². The molecule has 182 valence electrons. The first-order valence-electron chi connectivity index (χ1n) is 12.2. The van der Waals surface area contributed by atoms with Crippen molar-refractivity contribution in [3.63, 3.8) is 0 Å². The smallest absolute Gasteiger partial charge is 0.263 e. The van der Waals surface area contributed by atoms with Gasteiger partial charge in [-0.2, -0.15) is 4.57 Å². The lowest BCUT2D eigenvalue weighted by Gasteiger charge is -2.30.